The predicted octanol–water partition coefficient (Wildman–Crippen LogP) is 2.43. The van der Waals surface area contributed by atoms with Crippen LogP contribution in [0.1, 0.15) is 37.8 Å². The summed E-state index contributed by atoms with van der Waals surface area (Å²) in [5.74, 6) is 0.196. The Kier molecular flexibility index (Phi) is 3.04. The van der Waals surface area contributed by atoms with Crippen LogP contribution in [0.4, 0.5) is 4.79 Å². The number of rotatable bonds is 2. The van der Waals surface area contributed by atoms with E-state index < -0.39 is 5.54 Å². The van der Waals surface area contributed by atoms with E-state index in [1.807, 2.05) is 32.0 Å². The number of fused-ring (bicyclic) bond motifs is 2. The summed E-state index contributed by atoms with van der Waals surface area (Å²) < 4.78 is 0. The van der Waals surface area contributed by atoms with Crippen molar-refractivity contribution in [2.45, 2.75) is 38.6 Å². The molecule has 3 rings (SSSR count). The molecule has 1 aliphatic carbocycles. The highest BCUT2D eigenvalue weighted by atomic mass is 16.2. The third-order valence-corrected chi connectivity index (χ3v) is 4.20. The van der Waals surface area contributed by atoms with E-state index in [2.05, 4.69) is 11.4 Å². The summed E-state index contributed by atoms with van der Waals surface area (Å²) in [6.07, 6.45) is 2.60. The molecule has 20 heavy (non-hydrogen) atoms. The summed E-state index contributed by atoms with van der Waals surface area (Å²) >= 11 is 0. The lowest BCUT2D eigenvalue weighted by Gasteiger charge is -2.33. The molecule has 3 amide bonds. The second-order valence-corrected chi connectivity index (χ2v) is 6.16. The van der Waals surface area contributed by atoms with Crippen molar-refractivity contribution in [2.75, 3.05) is 6.54 Å². The number of carbonyl (C=O) groups is 2. The number of nitrogens with zero attached hydrogens (tertiary/aromatic N) is 1. The van der Waals surface area contributed by atoms with Crippen LogP contribution in [0.5, 0.6) is 0 Å². The molecular weight excluding hydrogens is 252 g/mol. The average Bonchev–Trinajstić information content (AvgIpc) is 2.64. The molecule has 1 N–H and O–H groups in total. The van der Waals surface area contributed by atoms with Crippen LogP contribution in [0.15, 0.2) is 24.3 Å². The first-order valence-corrected chi connectivity index (χ1v) is 7.27. The van der Waals surface area contributed by atoms with E-state index in [4.69, 9.17) is 0 Å². The zero-order valence-electron chi connectivity index (χ0n) is 12.0. The number of imide groups is 1. The SMILES string of the molecule is CC(C)CN1C(=O)N[C@]2(CCCc3ccccc32)C1=O. The van der Waals surface area contributed by atoms with Gasteiger partial charge in [-0.2, -0.15) is 0 Å². The lowest BCUT2D eigenvalue weighted by Crippen LogP contribution is -2.46. The largest absolute Gasteiger partial charge is 0.325 e. The van der Waals surface area contributed by atoms with Gasteiger partial charge in [0.2, 0.25) is 0 Å². The Morgan fingerprint density at radius 1 is 1.30 bits per heavy atom. The van der Waals surface area contributed by atoms with Gasteiger partial charge in [0.05, 0.1) is 0 Å². The van der Waals surface area contributed by atoms with Gasteiger partial charge in [-0.3, -0.25) is 9.69 Å². The standard InChI is InChI=1S/C16H20N2O2/c1-11(2)10-18-14(19)16(17-15(18)20)9-5-7-12-6-3-4-8-13(12)16/h3-4,6,8,11H,5,7,9-10H2,1-2H3,(H,17,20)/t16-/m0/s1. The van der Waals surface area contributed by atoms with E-state index in [9.17, 15) is 9.59 Å². The van der Waals surface area contributed by atoms with Crippen LogP contribution in [0.25, 0.3) is 0 Å². The molecule has 1 heterocycles. The fourth-order valence-electron chi connectivity index (χ4n) is 3.34. The first-order valence-electron chi connectivity index (χ1n) is 7.27. The molecule has 0 radical (unpaired) electrons. The van der Waals surface area contributed by atoms with Crippen LogP contribution in [-0.4, -0.2) is 23.4 Å². The summed E-state index contributed by atoms with van der Waals surface area (Å²) in [6, 6.07) is 7.72. The summed E-state index contributed by atoms with van der Waals surface area (Å²) in [6.45, 7) is 4.51. The molecule has 4 nitrogen and oxygen atoms in total. The zero-order valence-corrected chi connectivity index (χ0v) is 12.0. The maximum absolute atomic E-state index is 12.8. The first-order chi connectivity index (χ1) is 9.54. The number of hydrogen-bond acceptors (Lipinski definition) is 2. The number of benzene rings is 1. The number of urea groups is 1. The van der Waals surface area contributed by atoms with Gasteiger partial charge in [0.1, 0.15) is 5.54 Å². The fraction of sp³-hybridized carbons (Fsp3) is 0.500. The minimum atomic E-state index is -0.819. The van der Waals surface area contributed by atoms with Crippen LogP contribution in [0.2, 0.25) is 0 Å². The monoisotopic (exact) mass is 272 g/mol. The smallest absolute Gasteiger partial charge is 0.319 e. The second kappa shape index (κ2) is 4.62. The maximum Gasteiger partial charge on any atom is 0.325 e. The molecule has 1 aromatic rings. The second-order valence-electron chi connectivity index (χ2n) is 6.16. The number of amides is 3. The highest BCUT2D eigenvalue weighted by Gasteiger charge is 2.53. The van der Waals surface area contributed by atoms with Crippen LogP contribution in [0, 0.1) is 5.92 Å². The topological polar surface area (TPSA) is 49.4 Å². The Balaban J connectivity index is 2.03. The van der Waals surface area contributed by atoms with E-state index in [1.165, 1.54) is 10.5 Å². The molecule has 1 fully saturated rings. The van der Waals surface area contributed by atoms with E-state index in [0.717, 1.165) is 18.4 Å². The number of carbonyl (C=O) groups excluding carboxylic acids is 2. The van der Waals surface area contributed by atoms with Gasteiger partial charge in [0.15, 0.2) is 0 Å². The fourth-order valence-corrected chi connectivity index (χ4v) is 3.34. The van der Waals surface area contributed by atoms with Gasteiger partial charge >= 0.3 is 6.03 Å². The van der Waals surface area contributed by atoms with Gasteiger partial charge in [-0.1, -0.05) is 38.1 Å². The Labute approximate surface area is 119 Å². The molecule has 0 aromatic heterocycles. The highest BCUT2D eigenvalue weighted by molar-refractivity contribution is 6.07. The van der Waals surface area contributed by atoms with Gasteiger partial charge < -0.3 is 5.32 Å². The Bertz CT molecular complexity index is 567. The zero-order chi connectivity index (χ0) is 14.3. The van der Waals surface area contributed by atoms with Crippen LogP contribution >= 0.6 is 0 Å². The molecule has 2 aliphatic rings. The van der Waals surface area contributed by atoms with E-state index in [1.54, 1.807) is 0 Å². The van der Waals surface area contributed by atoms with Crippen molar-refractivity contribution in [3.63, 3.8) is 0 Å². The minimum Gasteiger partial charge on any atom is -0.319 e. The number of nitrogens with one attached hydrogen (secondary N) is 1. The van der Waals surface area contributed by atoms with Gasteiger partial charge in [0, 0.05) is 6.54 Å². The summed E-state index contributed by atoms with van der Waals surface area (Å²) in [4.78, 5) is 26.4. The first kappa shape index (κ1) is 13.2. The van der Waals surface area contributed by atoms with Crippen LogP contribution in [0.3, 0.4) is 0 Å². The van der Waals surface area contributed by atoms with Crippen molar-refractivity contribution in [2.24, 2.45) is 5.92 Å². The number of hydrogen-bond donors (Lipinski definition) is 1. The summed E-state index contributed by atoms with van der Waals surface area (Å²) in [5.41, 5.74) is 1.34. The lowest BCUT2D eigenvalue weighted by atomic mass is 9.76. The van der Waals surface area contributed by atoms with Crippen LogP contribution < -0.4 is 5.32 Å². The van der Waals surface area contributed by atoms with Crippen molar-refractivity contribution < 1.29 is 9.59 Å². The van der Waals surface area contributed by atoms with Gasteiger partial charge in [-0.05, 0) is 36.3 Å². The average molecular weight is 272 g/mol. The predicted molar refractivity (Wildman–Crippen MR) is 76.1 cm³/mol. The van der Waals surface area contributed by atoms with Crippen molar-refractivity contribution in [1.29, 1.82) is 0 Å². The molecule has 1 aliphatic heterocycles. The van der Waals surface area contributed by atoms with Gasteiger partial charge in [0.25, 0.3) is 5.91 Å². The van der Waals surface area contributed by atoms with E-state index in [0.29, 0.717) is 13.0 Å². The molecule has 0 saturated carbocycles. The van der Waals surface area contributed by atoms with Gasteiger partial charge in [-0.25, -0.2) is 4.79 Å². The molecular formula is C16H20N2O2. The molecule has 0 bridgehead atoms. The molecule has 1 saturated heterocycles. The lowest BCUT2D eigenvalue weighted by molar-refractivity contribution is -0.132. The summed E-state index contributed by atoms with van der Waals surface area (Å²) in [5, 5.41) is 2.97. The molecule has 1 aromatic carbocycles. The van der Waals surface area contributed by atoms with Crippen molar-refractivity contribution in [1.82, 2.24) is 10.2 Å². The quantitative estimate of drug-likeness (QED) is 0.841. The normalized spacial score (nSPS) is 25.2. The highest BCUT2D eigenvalue weighted by Crippen LogP contribution is 2.39. The van der Waals surface area contributed by atoms with Crippen molar-refractivity contribution >= 4 is 11.9 Å². The van der Waals surface area contributed by atoms with E-state index >= 15 is 0 Å². The third-order valence-electron chi connectivity index (χ3n) is 4.20. The summed E-state index contributed by atoms with van der Waals surface area (Å²) in [7, 11) is 0. The van der Waals surface area contributed by atoms with Gasteiger partial charge in [-0.15, -0.1) is 0 Å². The third kappa shape index (κ3) is 1.82. The van der Waals surface area contributed by atoms with Crippen molar-refractivity contribution in [3.8, 4) is 0 Å². The van der Waals surface area contributed by atoms with Crippen LogP contribution in [-0.2, 0) is 16.8 Å². The number of aryl methyl sites for hydroxylation is 1. The van der Waals surface area contributed by atoms with Crippen molar-refractivity contribution in [3.05, 3.63) is 35.4 Å². The Morgan fingerprint density at radius 3 is 2.80 bits per heavy atom. The molecule has 106 valence electrons. The maximum atomic E-state index is 12.8. The molecule has 1 spiro atoms. The minimum absolute atomic E-state index is 0.0802. The Morgan fingerprint density at radius 2 is 2.05 bits per heavy atom. The van der Waals surface area contributed by atoms with E-state index in [-0.39, 0.29) is 17.9 Å². The Hall–Kier alpha value is -1.84. The molecule has 1 atom stereocenters. The molecule has 0 unspecified atom stereocenters. The molecule has 4 heteroatoms.